The van der Waals surface area contributed by atoms with E-state index in [1.807, 2.05) is 32.7 Å². The maximum absolute atomic E-state index is 15.9. The molecule has 2 unspecified atom stereocenters. The van der Waals surface area contributed by atoms with Gasteiger partial charge in [-0.25, -0.2) is 4.39 Å². The second kappa shape index (κ2) is 9.87. The lowest BCUT2D eigenvalue weighted by molar-refractivity contribution is -0.181. The molecule has 0 saturated heterocycles. The van der Waals surface area contributed by atoms with E-state index < -0.39 is 75.9 Å². The molecule has 0 bridgehead atoms. The summed E-state index contributed by atoms with van der Waals surface area (Å²) in [5, 5.41) is 22.4. The highest BCUT2D eigenvalue weighted by Gasteiger charge is 2.69. The minimum atomic E-state index is -2.80. The van der Waals surface area contributed by atoms with Crippen LogP contribution in [0.1, 0.15) is 48.7 Å². The zero-order chi connectivity index (χ0) is 29.3. The number of aromatic hydroxyl groups is 1. The van der Waals surface area contributed by atoms with Crippen LogP contribution >= 0.6 is 0 Å². The first-order valence-electron chi connectivity index (χ1n) is 13.1. The minimum absolute atomic E-state index is 0.0232. The van der Waals surface area contributed by atoms with Crippen LogP contribution in [0.2, 0.25) is 0 Å². The Hall–Kier alpha value is -3.02. The van der Waals surface area contributed by atoms with Crippen molar-refractivity contribution in [2.75, 3.05) is 21.1 Å². The summed E-state index contributed by atoms with van der Waals surface area (Å²) in [5.74, 6) is -12.0. The quantitative estimate of drug-likeness (QED) is 0.432. The summed E-state index contributed by atoms with van der Waals surface area (Å²) in [5.41, 5.74) is 2.34. The monoisotopic (exact) mass is 545 g/mol. The molecule has 0 heterocycles. The number of phenolic OH excluding ortho intramolecular Hbond substituents is 1. The average Bonchev–Trinajstić information content (AvgIpc) is 2.83. The zero-order valence-electron chi connectivity index (χ0n) is 23.0. The van der Waals surface area contributed by atoms with Crippen LogP contribution in [-0.2, 0) is 32.1 Å². The van der Waals surface area contributed by atoms with Crippen molar-refractivity contribution in [3.05, 3.63) is 28.6 Å². The number of phenols is 1. The third-order valence-corrected chi connectivity index (χ3v) is 9.15. The number of carbonyl (C=O) groups is 5. The summed E-state index contributed by atoms with van der Waals surface area (Å²) in [6.45, 7) is 6.25. The van der Waals surface area contributed by atoms with E-state index in [0.29, 0.717) is 5.92 Å². The van der Waals surface area contributed by atoms with Crippen LogP contribution in [-0.4, -0.2) is 87.9 Å². The van der Waals surface area contributed by atoms with E-state index in [-0.39, 0.29) is 42.1 Å². The number of hydrogen-bond donors (Lipinski definition) is 3. The number of nitrogens with zero attached hydrogens (tertiary/aromatic N) is 2. The molecule has 2 saturated carbocycles. The van der Waals surface area contributed by atoms with Crippen LogP contribution in [0.25, 0.3) is 0 Å². The molecule has 3 aliphatic carbocycles. The molecule has 1 amide bonds. The van der Waals surface area contributed by atoms with Gasteiger partial charge in [0.25, 0.3) is 0 Å². The third kappa shape index (κ3) is 4.22. The van der Waals surface area contributed by atoms with Gasteiger partial charge in [-0.2, -0.15) is 0 Å². The second-order valence-electron chi connectivity index (χ2n) is 11.9. The molecule has 7 atom stereocenters. The van der Waals surface area contributed by atoms with Gasteiger partial charge in [0.15, 0.2) is 34.7 Å². The van der Waals surface area contributed by atoms with Crippen LogP contribution in [0.5, 0.6) is 5.75 Å². The summed E-state index contributed by atoms with van der Waals surface area (Å²) >= 11 is 0. The van der Waals surface area contributed by atoms with Gasteiger partial charge in [0.05, 0.1) is 17.5 Å². The van der Waals surface area contributed by atoms with Gasteiger partial charge in [-0.15, -0.1) is 0 Å². The molecular formula is C28H36FN3O7. The number of Topliss-reactive ketones (excluding diaryl/α,β-unsaturated/α-hetero) is 4. The van der Waals surface area contributed by atoms with Gasteiger partial charge < -0.3 is 15.9 Å². The molecule has 1 aromatic rings. The van der Waals surface area contributed by atoms with Crippen molar-refractivity contribution >= 4 is 29.0 Å². The van der Waals surface area contributed by atoms with E-state index in [1.54, 1.807) is 0 Å². The van der Waals surface area contributed by atoms with E-state index in [2.05, 4.69) is 0 Å². The minimum Gasteiger partial charge on any atom is -0.507 e. The highest BCUT2D eigenvalue weighted by molar-refractivity contribution is 6.32. The van der Waals surface area contributed by atoms with Crippen LogP contribution < -0.4 is 5.73 Å². The van der Waals surface area contributed by atoms with E-state index in [9.17, 15) is 34.2 Å². The number of aliphatic hydroxyl groups is 1. The van der Waals surface area contributed by atoms with Gasteiger partial charge in [-0.05, 0) is 58.8 Å². The molecule has 0 aromatic heterocycles. The van der Waals surface area contributed by atoms with Gasteiger partial charge in [0, 0.05) is 29.6 Å². The topological polar surface area (TPSA) is 158 Å². The Morgan fingerprint density at radius 2 is 1.77 bits per heavy atom. The molecular weight excluding hydrogens is 509 g/mol. The number of carbonyl (C=O) groups excluding carboxylic acids is 5. The number of ketones is 4. The van der Waals surface area contributed by atoms with Crippen molar-refractivity contribution in [3.8, 4) is 5.75 Å². The standard InChI is InChI=1S/C28H36FN3O7/c1-11(2)12(3)32(6)10-14-9-17(33)19-15(21(14)29)7-13-8-16-22(31(4)5)24(35)20(27(30)38)26(37)28(16,39)25(36)18(13)23(19)34/h9,11-13,16,18,20,22,33,39H,7-8,10H2,1-6H3,(H2,30,38)/t12-,13-,16-,18?,20?,22-,28-/m0/s1. The SMILES string of the molecule is CC(C)[C@H](C)N(C)Cc1cc(O)c2c(c1F)C[C@H]1C[C@H]3[C@H](N(C)C)C(=O)C(C(N)=O)C(=O)[C@@]3(O)C(=O)C1C2=O. The van der Waals surface area contributed by atoms with Crippen molar-refractivity contribution in [1.82, 2.24) is 9.80 Å². The summed E-state index contributed by atoms with van der Waals surface area (Å²) in [6, 6.07) is 0.0780. The van der Waals surface area contributed by atoms with Crippen LogP contribution in [0.4, 0.5) is 4.39 Å². The summed E-state index contributed by atoms with van der Waals surface area (Å²) in [7, 11) is 4.85. The van der Waals surface area contributed by atoms with Crippen molar-refractivity contribution < 1.29 is 38.6 Å². The summed E-state index contributed by atoms with van der Waals surface area (Å²) < 4.78 is 15.9. The normalized spacial score (nSPS) is 31.4. The van der Waals surface area contributed by atoms with Gasteiger partial charge in [0.2, 0.25) is 5.91 Å². The first kappa shape index (κ1) is 29.0. The fourth-order valence-electron chi connectivity index (χ4n) is 6.74. The number of hydrogen-bond acceptors (Lipinski definition) is 9. The molecule has 1 aromatic carbocycles. The first-order valence-corrected chi connectivity index (χ1v) is 13.1. The highest BCUT2D eigenvalue weighted by atomic mass is 19.1. The molecule has 10 nitrogen and oxygen atoms in total. The van der Waals surface area contributed by atoms with Crippen molar-refractivity contribution in [3.63, 3.8) is 0 Å². The Labute approximate surface area is 226 Å². The lowest BCUT2D eigenvalue weighted by Crippen LogP contribution is -2.74. The predicted octanol–water partition coefficient (Wildman–Crippen LogP) is 0.482. The molecule has 2 fully saturated rings. The molecule has 0 aliphatic heterocycles. The Balaban J connectivity index is 1.79. The summed E-state index contributed by atoms with van der Waals surface area (Å²) in [6.07, 6.45) is -0.235. The lowest BCUT2D eigenvalue weighted by atomic mass is 9.52. The van der Waals surface area contributed by atoms with Crippen molar-refractivity contribution in [1.29, 1.82) is 0 Å². The number of primary amides is 1. The van der Waals surface area contributed by atoms with Gasteiger partial charge in [-0.1, -0.05) is 13.8 Å². The van der Waals surface area contributed by atoms with E-state index in [0.717, 1.165) is 0 Å². The Bertz CT molecular complexity index is 1280. The van der Waals surface area contributed by atoms with E-state index in [1.165, 1.54) is 25.1 Å². The van der Waals surface area contributed by atoms with E-state index in [4.69, 9.17) is 5.73 Å². The average molecular weight is 546 g/mol. The zero-order valence-corrected chi connectivity index (χ0v) is 23.0. The van der Waals surface area contributed by atoms with Gasteiger partial charge in [-0.3, -0.25) is 33.8 Å². The van der Waals surface area contributed by atoms with Crippen molar-refractivity contribution in [2.24, 2.45) is 35.3 Å². The highest BCUT2D eigenvalue weighted by Crippen LogP contribution is 2.51. The first-order chi connectivity index (χ1) is 18.0. The maximum atomic E-state index is 15.9. The van der Waals surface area contributed by atoms with Gasteiger partial charge in [0.1, 0.15) is 11.6 Å². The molecule has 3 aliphatic rings. The molecule has 11 heteroatoms. The maximum Gasteiger partial charge on any atom is 0.235 e. The molecule has 212 valence electrons. The largest absolute Gasteiger partial charge is 0.507 e. The fraction of sp³-hybridized carbons (Fsp3) is 0.607. The van der Waals surface area contributed by atoms with Crippen molar-refractivity contribution in [2.45, 2.75) is 57.8 Å². The number of rotatable bonds is 6. The third-order valence-electron chi connectivity index (χ3n) is 9.15. The fourth-order valence-corrected chi connectivity index (χ4v) is 6.74. The number of benzene rings is 1. The Morgan fingerprint density at radius 1 is 1.15 bits per heavy atom. The number of likely N-dealkylation sites (N-methyl/N-ethyl adjacent to an activating group) is 1. The van der Waals surface area contributed by atoms with Crippen LogP contribution in [0, 0.1) is 35.4 Å². The molecule has 4 N–H and O–H groups in total. The number of fused-ring (bicyclic) bond motifs is 3. The lowest BCUT2D eigenvalue weighted by Gasteiger charge is -2.52. The Kier molecular flexibility index (Phi) is 7.33. The van der Waals surface area contributed by atoms with E-state index >= 15 is 4.39 Å². The smallest absolute Gasteiger partial charge is 0.235 e. The summed E-state index contributed by atoms with van der Waals surface area (Å²) in [4.78, 5) is 69.2. The molecule has 4 rings (SSSR count). The number of amides is 1. The number of nitrogens with two attached hydrogens (primary N) is 1. The molecule has 39 heavy (non-hydrogen) atoms. The van der Waals surface area contributed by atoms with Crippen LogP contribution in [0.15, 0.2) is 6.07 Å². The van der Waals surface area contributed by atoms with Gasteiger partial charge >= 0.3 is 0 Å². The molecule has 0 spiro atoms. The van der Waals surface area contributed by atoms with Crippen LogP contribution in [0.3, 0.4) is 0 Å². The second-order valence-corrected chi connectivity index (χ2v) is 11.9. The predicted molar refractivity (Wildman–Crippen MR) is 137 cm³/mol. The number of halogens is 1. The molecule has 0 radical (unpaired) electrons. The Morgan fingerprint density at radius 3 is 2.31 bits per heavy atom.